The van der Waals surface area contributed by atoms with Crippen molar-refractivity contribution >= 4 is 0 Å². The molecule has 0 amide bonds. The molecule has 18 heavy (non-hydrogen) atoms. The third kappa shape index (κ3) is 12.4. The standard InChI is InChI=1S/C17H37N/c1-5-7-8-9-10-11-12-13-17(3,4)14-16-18-15-6-2/h18H,5-16H2,1-4H3. The van der Waals surface area contributed by atoms with Crippen molar-refractivity contribution < 1.29 is 0 Å². The van der Waals surface area contributed by atoms with Crippen LogP contribution in [-0.4, -0.2) is 13.1 Å². The summed E-state index contributed by atoms with van der Waals surface area (Å²) in [4.78, 5) is 0. The second-order valence-electron chi connectivity index (χ2n) is 6.54. The Labute approximate surface area is 116 Å². The van der Waals surface area contributed by atoms with E-state index < -0.39 is 0 Å². The van der Waals surface area contributed by atoms with Gasteiger partial charge < -0.3 is 5.32 Å². The van der Waals surface area contributed by atoms with Crippen LogP contribution in [0.15, 0.2) is 0 Å². The van der Waals surface area contributed by atoms with Crippen LogP contribution in [0.4, 0.5) is 0 Å². The predicted molar refractivity (Wildman–Crippen MR) is 84.2 cm³/mol. The van der Waals surface area contributed by atoms with Gasteiger partial charge >= 0.3 is 0 Å². The number of nitrogens with one attached hydrogen (secondary N) is 1. The fourth-order valence-corrected chi connectivity index (χ4v) is 2.41. The lowest BCUT2D eigenvalue weighted by atomic mass is 9.83. The van der Waals surface area contributed by atoms with Crippen LogP contribution in [0.2, 0.25) is 0 Å². The van der Waals surface area contributed by atoms with Crippen molar-refractivity contribution in [2.75, 3.05) is 13.1 Å². The van der Waals surface area contributed by atoms with E-state index in [4.69, 9.17) is 0 Å². The molecule has 0 aliphatic carbocycles. The van der Waals surface area contributed by atoms with Gasteiger partial charge in [-0.15, -0.1) is 0 Å². The zero-order valence-electron chi connectivity index (χ0n) is 13.5. The summed E-state index contributed by atoms with van der Waals surface area (Å²) in [6.07, 6.45) is 14.0. The first-order valence-electron chi connectivity index (χ1n) is 8.33. The number of hydrogen-bond donors (Lipinski definition) is 1. The highest BCUT2D eigenvalue weighted by atomic mass is 14.8. The van der Waals surface area contributed by atoms with Gasteiger partial charge in [0.1, 0.15) is 0 Å². The molecule has 0 atom stereocenters. The van der Waals surface area contributed by atoms with E-state index in [0.29, 0.717) is 5.41 Å². The largest absolute Gasteiger partial charge is 0.317 e. The second kappa shape index (κ2) is 12.0. The zero-order valence-corrected chi connectivity index (χ0v) is 13.5. The maximum Gasteiger partial charge on any atom is -0.00438 e. The lowest BCUT2D eigenvalue weighted by Gasteiger charge is -2.24. The molecule has 0 aliphatic rings. The molecular weight excluding hydrogens is 218 g/mol. The molecule has 0 spiro atoms. The molecule has 0 radical (unpaired) electrons. The van der Waals surface area contributed by atoms with Gasteiger partial charge in [-0.05, 0) is 37.8 Å². The minimum absolute atomic E-state index is 0.532. The maximum atomic E-state index is 3.52. The molecule has 0 heterocycles. The molecule has 1 nitrogen and oxygen atoms in total. The highest BCUT2D eigenvalue weighted by Gasteiger charge is 2.16. The fraction of sp³-hybridized carbons (Fsp3) is 1.00. The Balaban J connectivity index is 3.34. The summed E-state index contributed by atoms with van der Waals surface area (Å²) in [6.45, 7) is 11.7. The Hall–Kier alpha value is -0.0400. The van der Waals surface area contributed by atoms with Gasteiger partial charge in [-0.2, -0.15) is 0 Å². The van der Waals surface area contributed by atoms with Crippen molar-refractivity contribution in [1.29, 1.82) is 0 Å². The first kappa shape index (κ1) is 18.0. The molecule has 0 bridgehead atoms. The SMILES string of the molecule is CCCCCCCCCC(C)(C)CCNCCC. The number of rotatable bonds is 13. The van der Waals surface area contributed by atoms with Gasteiger partial charge in [0.05, 0.1) is 0 Å². The first-order chi connectivity index (χ1) is 8.62. The van der Waals surface area contributed by atoms with E-state index in [9.17, 15) is 0 Å². The first-order valence-corrected chi connectivity index (χ1v) is 8.33. The third-order valence-corrected chi connectivity index (χ3v) is 3.86. The van der Waals surface area contributed by atoms with Crippen LogP contribution in [-0.2, 0) is 0 Å². The summed E-state index contributed by atoms with van der Waals surface area (Å²) in [6, 6.07) is 0. The molecule has 0 aromatic rings. The van der Waals surface area contributed by atoms with Crippen molar-refractivity contribution in [3.63, 3.8) is 0 Å². The van der Waals surface area contributed by atoms with Gasteiger partial charge in [0, 0.05) is 0 Å². The summed E-state index contributed by atoms with van der Waals surface area (Å²) in [5, 5.41) is 3.52. The molecule has 110 valence electrons. The molecule has 0 aromatic heterocycles. The molecular formula is C17H37N. The van der Waals surface area contributed by atoms with Crippen molar-refractivity contribution in [2.24, 2.45) is 5.41 Å². The summed E-state index contributed by atoms with van der Waals surface area (Å²) in [5.74, 6) is 0. The average molecular weight is 255 g/mol. The molecule has 0 unspecified atom stereocenters. The van der Waals surface area contributed by atoms with Crippen molar-refractivity contribution in [3.8, 4) is 0 Å². The topological polar surface area (TPSA) is 12.0 Å². The monoisotopic (exact) mass is 255 g/mol. The lowest BCUT2D eigenvalue weighted by Crippen LogP contribution is -2.23. The molecule has 0 aromatic carbocycles. The Morgan fingerprint density at radius 1 is 0.667 bits per heavy atom. The molecule has 0 saturated heterocycles. The Bertz CT molecular complexity index is 163. The van der Waals surface area contributed by atoms with E-state index in [1.807, 2.05) is 0 Å². The summed E-state index contributed by atoms with van der Waals surface area (Å²) in [7, 11) is 0. The van der Waals surface area contributed by atoms with E-state index in [2.05, 4.69) is 33.0 Å². The maximum absolute atomic E-state index is 3.52. The summed E-state index contributed by atoms with van der Waals surface area (Å²) < 4.78 is 0. The van der Waals surface area contributed by atoms with E-state index in [0.717, 1.165) is 0 Å². The van der Waals surface area contributed by atoms with Gasteiger partial charge in [0.2, 0.25) is 0 Å². The number of hydrogen-bond acceptors (Lipinski definition) is 1. The summed E-state index contributed by atoms with van der Waals surface area (Å²) in [5.41, 5.74) is 0.532. The zero-order chi connectivity index (χ0) is 13.7. The van der Waals surface area contributed by atoms with Crippen LogP contribution in [0.3, 0.4) is 0 Å². The van der Waals surface area contributed by atoms with Gasteiger partial charge in [0.25, 0.3) is 0 Å². The molecule has 0 fully saturated rings. The van der Waals surface area contributed by atoms with Crippen LogP contribution in [0.1, 0.15) is 91.9 Å². The Kier molecular flexibility index (Phi) is 12.0. The average Bonchev–Trinajstić information content (AvgIpc) is 2.34. The molecule has 0 aliphatic heterocycles. The Morgan fingerprint density at radius 2 is 1.28 bits per heavy atom. The van der Waals surface area contributed by atoms with E-state index in [1.54, 1.807) is 0 Å². The van der Waals surface area contributed by atoms with Crippen LogP contribution in [0.25, 0.3) is 0 Å². The van der Waals surface area contributed by atoms with E-state index >= 15 is 0 Å². The van der Waals surface area contributed by atoms with Crippen molar-refractivity contribution in [3.05, 3.63) is 0 Å². The molecule has 0 rings (SSSR count). The molecule has 1 N–H and O–H groups in total. The van der Waals surface area contributed by atoms with E-state index in [1.165, 1.54) is 77.3 Å². The highest BCUT2D eigenvalue weighted by molar-refractivity contribution is 4.70. The third-order valence-electron chi connectivity index (χ3n) is 3.86. The minimum Gasteiger partial charge on any atom is -0.317 e. The predicted octanol–water partition coefficient (Wildman–Crippen LogP) is 5.54. The lowest BCUT2D eigenvalue weighted by molar-refractivity contribution is 0.289. The van der Waals surface area contributed by atoms with Crippen molar-refractivity contribution in [1.82, 2.24) is 5.32 Å². The molecule has 1 heteroatoms. The van der Waals surface area contributed by atoms with Crippen LogP contribution in [0.5, 0.6) is 0 Å². The highest BCUT2D eigenvalue weighted by Crippen LogP contribution is 2.27. The van der Waals surface area contributed by atoms with E-state index in [-0.39, 0.29) is 0 Å². The van der Waals surface area contributed by atoms with Crippen molar-refractivity contribution in [2.45, 2.75) is 91.9 Å². The quantitative estimate of drug-likeness (QED) is 0.426. The smallest absolute Gasteiger partial charge is 0.00438 e. The van der Waals surface area contributed by atoms with Crippen LogP contribution >= 0.6 is 0 Å². The van der Waals surface area contributed by atoms with Gasteiger partial charge in [-0.25, -0.2) is 0 Å². The Morgan fingerprint density at radius 3 is 1.89 bits per heavy atom. The van der Waals surface area contributed by atoms with Gasteiger partial charge in [-0.3, -0.25) is 0 Å². The minimum atomic E-state index is 0.532. The van der Waals surface area contributed by atoms with Gasteiger partial charge in [-0.1, -0.05) is 72.6 Å². The van der Waals surface area contributed by atoms with Crippen LogP contribution < -0.4 is 5.32 Å². The molecule has 0 saturated carbocycles. The normalized spacial score (nSPS) is 12.0. The summed E-state index contributed by atoms with van der Waals surface area (Å²) >= 11 is 0. The van der Waals surface area contributed by atoms with Gasteiger partial charge in [0.15, 0.2) is 0 Å². The second-order valence-corrected chi connectivity index (χ2v) is 6.54. The number of unbranched alkanes of at least 4 members (excludes halogenated alkanes) is 6. The fourth-order valence-electron chi connectivity index (χ4n) is 2.41. The van der Waals surface area contributed by atoms with Crippen LogP contribution in [0, 0.1) is 5.41 Å².